The average molecular weight is 270 g/mol. The van der Waals surface area contributed by atoms with Crippen LogP contribution in [-0.2, 0) is 4.79 Å². The molecule has 1 N–H and O–H groups in total. The normalized spacial score (nSPS) is 9.90. The molecule has 2 aromatic rings. The zero-order valence-corrected chi connectivity index (χ0v) is 11.7. The molecule has 0 fully saturated rings. The molecule has 0 bridgehead atoms. The number of carbonyl (C=O) groups excluding carboxylic acids is 1. The third-order valence-corrected chi connectivity index (χ3v) is 3.00. The predicted molar refractivity (Wildman–Crippen MR) is 81.3 cm³/mol. The van der Waals surface area contributed by atoms with Gasteiger partial charge in [0.25, 0.3) is 5.91 Å². The van der Waals surface area contributed by atoms with Crippen molar-refractivity contribution in [1.29, 1.82) is 0 Å². The maximum absolute atomic E-state index is 12.1. The minimum Gasteiger partial charge on any atom is -0.484 e. The fourth-order valence-corrected chi connectivity index (χ4v) is 1.78. The van der Waals surface area contributed by atoms with Crippen LogP contribution in [0, 0.1) is 0 Å². The third-order valence-electron chi connectivity index (χ3n) is 3.00. The van der Waals surface area contributed by atoms with Crippen molar-refractivity contribution in [3.63, 3.8) is 0 Å². The van der Waals surface area contributed by atoms with E-state index in [1.54, 1.807) is 11.9 Å². The molecule has 0 aliphatic heterocycles. The van der Waals surface area contributed by atoms with Gasteiger partial charge in [0.15, 0.2) is 6.61 Å². The Kier molecular flexibility index (Phi) is 4.60. The number of anilines is 2. The van der Waals surface area contributed by atoms with Crippen LogP contribution in [0.5, 0.6) is 5.75 Å². The molecule has 0 aliphatic rings. The van der Waals surface area contributed by atoms with E-state index in [1.165, 1.54) is 0 Å². The van der Waals surface area contributed by atoms with Crippen LogP contribution in [0.3, 0.4) is 0 Å². The van der Waals surface area contributed by atoms with Crippen molar-refractivity contribution in [2.24, 2.45) is 0 Å². The average Bonchev–Trinajstić information content (AvgIpc) is 2.53. The van der Waals surface area contributed by atoms with Crippen molar-refractivity contribution in [2.75, 3.05) is 30.9 Å². The number of likely N-dealkylation sites (N-methyl/N-ethyl adjacent to an activating group) is 1. The Morgan fingerprint density at radius 1 is 1.15 bits per heavy atom. The maximum atomic E-state index is 12.1. The molecular formula is C16H18N2O2. The van der Waals surface area contributed by atoms with Gasteiger partial charge in [0.1, 0.15) is 5.75 Å². The number of carbonyl (C=O) groups is 1. The van der Waals surface area contributed by atoms with Crippen LogP contribution in [0.2, 0.25) is 0 Å². The molecule has 0 saturated carbocycles. The van der Waals surface area contributed by atoms with Gasteiger partial charge in [-0.1, -0.05) is 24.3 Å². The maximum Gasteiger partial charge on any atom is 0.264 e. The minimum atomic E-state index is -0.0916. The first-order chi connectivity index (χ1) is 9.70. The molecule has 0 aliphatic carbocycles. The second-order valence-electron chi connectivity index (χ2n) is 4.35. The molecule has 0 radical (unpaired) electrons. The van der Waals surface area contributed by atoms with Gasteiger partial charge in [-0.3, -0.25) is 4.79 Å². The molecule has 4 heteroatoms. The standard InChI is InChI=1S/C16H18N2O2/c1-17-13-7-6-10-15(11-13)20-12-16(19)18(2)14-8-4-3-5-9-14/h3-11,17H,12H2,1-2H3. The number of para-hydroxylation sites is 1. The lowest BCUT2D eigenvalue weighted by atomic mass is 10.3. The second kappa shape index (κ2) is 6.61. The lowest BCUT2D eigenvalue weighted by molar-refractivity contribution is -0.120. The largest absolute Gasteiger partial charge is 0.484 e. The summed E-state index contributed by atoms with van der Waals surface area (Å²) in [5.41, 5.74) is 1.80. The summed E-state index contributed by atoms with van der Waals surface area (Å²) in [6, 6.07) is 17.0. The van der Waals surface area contributed by atoms with Crippen LogP contribution in [0.1, 0.15) is 0 Å². The van der Waals surface area contributed by atoms with Crippen LogP contribution in [0.25, 0.3) is 0 Å². The van der Waals surface area contributed by atoms with Crippen molar-refractivity contribution in [3.8, 4) is 5.75 Å². The van der Waals surface area contributed by atoms with Gasteiger partial charge < -0.3 is 15.0 Å². The van der Waals surface area contributed by atoms with E-state index in [4.69, 9.17) is 4.74 Å². The lowest BCUT2D eigenvalue weighted by Gasteiger charge is -2.17. The van der Waals surface area contributed by atoms with E-state index < -0.39 is 0 Å². The Bertz CT molecular complexity index is 570. The molecule has 104 valence electrons. The predicted octanol–water partition coefficient (Wildman–Crippen LogP) is 2.77. The summed E-state index contributed by atoms with van der Waals surface area (Å²) in [5, 5.41) is 3.03. The molecule has 0 saturated heterocycles. The Morgan fingerprint density at radius 3 is 2.60 bits per heavy atom. The highest BCUT2D eigenvalue weighted by Crippen LogP contribution is 2.17. The van der Waals surface area contributed by atoms with E-state index in [2.05, 4.69) is 5.32 Å². The molecule has 0 unspecified atom stereocenters. The monoisotopic (exact) mass is 270 g/mol. The van der Waals surface area contributed by atoms with Crippen LogP contribution in [0.4, 0.5) is 11.4 Å². The summed E-state index contributed by atoms with van der Waals surface area (Å²) in [6.45, 7) is 0.0125. The zero-order chi connectivity index (χ0) is 14.4. The number of amides is 1. The van der Waals surface area contributed by atoms with Gasteiger partial charge in [0, 0.05) is 31.5 Å². The molecule has 0 heterocycles. The van der Waals surface area contributed by atoms with Crippen molar-refractivity contribution < 1.29 is 9.53 Å². The first-order valence-corrected chi connectivity index (χ1v) is 6.43. The van der Waals surface area contributed by atoms with Crippen molar-refractivity contribution in [1.82, 2.24) is 0 Å². The van der Waals surface area contributed by atoms with Gasteiger partial charge in [-0.2, -0.15) is 0 Å². The first-order valence-electron chi connectivity index (χ1n) is 6.43. The summed E-state index contributed by atoms with van der Waals surface area (Å²) < 4.78 is 5.52. The van der Waals surface area contributed by atoms with E-state index >= 15 is 0 Å². The summed E-state index contributed by atoms with van der Waals surface area (Å²) in [4.78, 5) is 13.6. The van der Waals surface area contributed by atoms with Crippen molar-refractivity contribution in [3.05, 3.63) is 54.6 Å². The van der Waals surface area contributed by atoms with E-state index in [-0.39, 0.29) is 12.5 Å². The molecule has 20 heavy (non-hydrogen) atoms. The summed E-state index contributed by atoms with van der Waals surface area (Å²) in [6.07, 6.45) is 0. The fourth-order valence-electron chi connectivity index (χ4n) is 1.78. The number of rotatable bonds is 5. The topological polar surface area (TPSA) is 41.6 Å². The first kappa shape index (κ1) is 13.9. The summed E-state index contributed by atoms with van der Waals surface area (Å²) >= 11 is 0. The Hall–Kier alpha value is -2.49. The highest BCUT2D eigenvalue weighted by molar-refractivity contribution is 5.93. The van der Waals surface area contributed by atoms with Crippen LogP contribution in [0.15, 0.2) is 54.6 Å². The van der Waals surface area contributed by atoms with Gasteiger partial charge in [-0.15, -0.1) is 0 Å². The van der Waals surface area contributed by atoms with Gasteiger partial charge in [-0.05, 0) is 24.3 Å². The minimum absolute atomic E-state index is 0.0125. The van der Waals surface area contributed by atoms with E-state index in [0.717, 1.165) is 11.4 Å². The Labute approximate surface area is 119 Å². The molecule has 2 aromatic carbocycles. The van der Waals surface area contributed by atoms with Crippen LogP contribution < -0.4 is 15.0 Å². The second-order valence-corrected chi connectivity index (χ2v) is 4.35. The van der Waals surface area contributed by atoms with Crippen molar-refractivity contribution >= 4 is 17.3 Å². The number of hydrogen-bond donors (Lipinski definition) is 1. The zero-order valence-electron chi connectivity index (χ0n) is 11.7. The summed E-state index contributed by atoms with van der Waals surface area (Å²) in [5.74, 6) is 0.581. The highest BCUT2D eigenvalue weighted by Gasteiger charge is 2.11. The smallest absolute Gasteiger partial charge is 0.264 e. The van der Waals surface area contributed by atoms with Gasteiger partial charge >= 0.3 is 0 Å². The van der Waals surface area contributed by atoms with E-state index in [9.17, 15) is 4.79 Å². The molecule has 0 aromatic heterocycles. The molecule has 2 rings (SSSR count). The van der Waals surface area contributed by atoms with E-state index in [0.29, 0.717) is 5.75 Å². The third kappa shape index (κ3) is 3.51. The molecular weight excluding hydrogens is 252 g/mol. The SMILES string of the molecule is CNc1cccc(OCC(=O)N(C)c2ccccc2)c1. The number of benzene rings is 2. The molecule has 4 nitrogen and oxygen atoms in total. The molecule has 0 spiro atoms. The quantitative estimate of drug-likeness (QED) is 0.908. The van der Waals surface area contributed by atoms with E-state index in [1.807, 2.05) is 61.6 Å². The lowest BCUT2D eigenvalue weighted by Crippen LogP contribution is -2.31. The number of nitrogens with zero attached hydrogens (tertiary/aromatic N) is 1. The highest BCUT2D eigenvalue weighted by atomic mass is 16.5. The van der Waals surface area contributed by atoms with Gasteiger partial charge in [-0.25, -0.2) is 0 Å². The van der Waals surface area contributed by atoms with Crippen LogP contribution in [-0.4, -0.2) is 26.6 Å². The molecule has 1 amide bonds. The van der Waals surface area contributed by atoms with Gasteiger partial charge in [0.2, 0.25) is 0 Å². The number of hydrogen-bond acceptors (Lipinski definition) is 3. The summed E-state index contributed by atoms with van der Waals surface area (Å²) in [7, 11) is 3.58. The Morgan fingerprint density at radius 2 is 1.90 bits per heavy atom. The van der Waals surface area contributed by atoms with Gasteiger partial charge in [0.05, 0.1) is 0 Å². The Balaban J connectivity index is 1.95. The number of ether oxygens (including phenoxy) is 1. The fraction of sp³-hybridized carbons (Fsp3) is 0.188. The molecule has 0 atom stereocenters. The van der Waals surface area contributed by atoms with Crippen LogP contribution >= 0.6 is 0 Å². The number of nitrogens with one attached hydrogen (secondary N) is 1. The van der Waals surface area contributed by atoms with Crippen molar-refractivity contribution in [2.45, 2.75) is 0 Å².